The fourth-order valence-electron chi connectivity index (χ4n) is 8.75. The molecule has 0 N–H and O–H groups in total. The Morgan fingerprint density at radius 2 is 0.942 bits per heavy atom. The van der Waals surface area contributed by atoms with Gasteiger partial charge in [-0.05, 0) is 68.8 Å². The molecule has 0 unspecified atom stereocenters. The minimum absolute atomic E-state index is 0.162. The lowest BCUT2D eigenvalue weighted by atomic mass is 9.60. The molecule has 3 aliphatic rings. The number of nitrogens with zero attached hydrogens (tertiary/aromatic N) is 4. The Morgan fingerprint density at radius 1 is 0.423 bits per heavy atom. The highest BCUT2D eigenvalue weighted by molar-refractivity contribution is 9.10. The summed E-state index contributed by atoms with van der Waals surface area (Å²) in [5.41, 5.74) is 14.9. The van der Waals surface area contributed by atoms with E-state index in [0.717, 1.165) is 32.9 Å². The molecule has 12 rings (SSSR count). The van der Waals surface area contributed by atoms with Gasteiger partial charge >= 0.3 is 0 Å². The molecule has 52 heavy (non-hydrogen) atoms. The van der Waals surface area contributed by atoms with Crippen molar-refractivity contribution in [1.29, 1.82) is 0 Å². The summed E-state index contributed by atoms with van der Waals surface area (Å²) >= 11 is 4.02. The molecule has 0 spiro atoms. The molecule has 2 aromatic heterocycles. The first-order valence-corrected chi connectivity index (χ1v) is 18.4. The normalized spacial score (nSPS) is 15.4. The van der Waals surface area contributed by atoms with E-state index in [0.29, 0.717) is 17.6 Å². The number of hydrogen-bond acceptors (Lipinski definition) is 3. The molecule has 244 valence electrons. The molecule has 0 atom stereocenters. The van der Waals surface area contributed by atoms with E-state index in [1.54, 1.807) is 0 Å². The zero-order chi connectivity index (χ0) is 34.3. The van der Waals surface area contributed by atoms with E-state index in [1.165, 1.54) is 49.0 Å². The predicted molar refractivity (Wildman–Crippen MR) is 213 cm³/mol. The maximum atomic E-state index is 5.12. The van der Waals surface area contributed by atoms with Crippen molar-refractivity contribution < 1.29 is 0 Å². The van der Waals surface area contributed by atoms with Gasteiger partial charge in [0.2, 0.25) is 5.95 Å². The summed E-state index contributed by atoms with van der Waals surface area (Å²) < 4.78 is 3.36. The van der Waals surface area contributed by atoms with Crippen molar-refractivity contribution in [2.24, 2.45) is 0 Å². The van der Waals surface area contributed by atoms with Crippen molar-refractivity contribution in [2.45, 2.75) is 11.8 Å². The summed E-state index contributed by atoms with van der Waals surface area (Å²) in [6, 6.07) is 58.4. The van der Waals surface area contributed by atoms with Gasteiger partial charge in [-0.25, -0.2) is 4.98 Å². The van der Waals surface area contributed by atoms with Crippen LogP contribution >= 0.6 is 15.9 Å². The first kappa shape index (κ1) is 29.5. The number of fused-ring (bicyclic) bond motifs is 3. The van der Waals surface area contributed by atoms with E-state index in [9.17, 15) is 0 Å². The third-order valence-corrected chi connectivity index (χ3v) is 11.6. The van der Waals surface area contributed by atoms with Crippen LogP contribution in [0.25, 0.3) is 61.7 Å². The molecule has 0 radical (unpaired) electrons. The molecule has 0 aliphatic heterocycles. The summed E-state index contributed by atoms with van der Waals surface area (Å²) in [4.78, 5) is 15.2. The average Bonchev–Trinajstić information content (AvgIpc) is 3.55. The van der Waals surface area contributed by atoms with Crippen LogP contribution in [0, 0.1) is 0 Å². The Kier molecular flexibility index (Phi) is 6.49. The molecule has 5 heteroatoms. The van der Waals surface area contributed by atoms with Crippen LogP contribution in [0.1, 0.15) is 45.2 Å². The largest absolute Gasteiger partial charge is 0.278 e. The molecule has 0 amide bonds. The van der Waals surface area contributed by atoms with Crippen LogP contribution < -0.4 is 0 Å². The van der Waals surface area contributed by atoms with Gasteiger partial charge in [-0.3, -0.25) is 4.57 Å². The van der Waals surface area contributed by atoms with Crippen molar-refractivity contribution in [1.82, 2.24) is 19.5 Å². The van der Waals surface area contributed by atoms with Crippen LogP contribution in [0.3, 0.4) is 0 Å². The summed E-state index contributed by atoms with van der Waals surface area (Å²) in [6.45, 7) is 0. The zero-order valence-corrected chi connectivity index (χ0v) is 29.5. The molecule has 0 saturated heterocycles. The van der Waals surface area contributed by atoms with Crippen molar-refractivity contribution in [3.63, 3.8) is 0 Å². The van der Waals surface area contributed by atoms with Crippen molar-refractivity contribution >= 4 is 37.7 Å². The third kappa shape index (κ3) is 4.29. The monoisotopic (exact) mass is 728 g/mol. The molecule has 4 nitrogen and oxygen atoms in total. The van der Waals surface area contributed by atoms with Gasteiger partial charge in [-0.15, -0.1) is 0 Å². The second-order valence-electron chi connectivity index (χ2n) is 13.6. The van der Waals surface area contributed by atoms with Gasteiger partial charge in [-0.2, -0.15) is 9.97 Å². The Hall–Kier alpha value is -6.17. The van der Waals surface area contributed by atoms with Gasteiger partial charge in [-0.1, -0.05) is 155 Å². The molecule has 0 fully saturated rings. The van der Waals surface area contributed by atoms with E-state index in [-0.39, 0.29) is 11.8 Å². The number of benzene rings is 7. The number of halogens is 1. The fourth-order valence-corrected chi connectivity index (χ4v) is 9.32. The smallest absolute Gasteiger partial charge is 0.238 e. The van der Waals surface area contributed by atoms with Crippen molar-refractivity contribution in [2.75, 3.05) is 0 Å². The van der Waals surface area contributed by atoms with Crippen LogP contribution in [0.15, 0.2) is 168 Å². The van der Waals surface area contributed by atoms with E-state index >= 15 is 0 Å². The summed E-state index contributed by atoms with van der Waals surface area (Å²) in [5, 5.41) is 2.32. The quantitative estimate of drug-likeness (QED) is 0.181. The first-order chi connectivity index (χ1) is 25.7. The lowest BCUT2D eigenvalue weighted by Crippen LogP contribution is -2.28. The van der Waals surface area contributed by atoms with E-state index < -0.39 is 0 Å². The van der Waals surface area contributed by atoms with Gasteiger partial charge in [0, 0.05) is 38.2 Å². The van der Waals surface area contributed by atoms with Crippen LogP contribution in [-0.4, -0.2) is 19.5 Å². The molecule has 2 heterocycles. The van der Waals surface area contributed by atoms with E-state index in [1.807, 2.05) is 60.7 Å². The summed E-state index contributed by atoms with van der Waals surface area (Å²) in [7, 11) is 0. The number of hydrogen-bond donors (Lipinski definition) is 0. The first-order valence-electron chi connectivity index (χ1n) is 17.6. The third-order valence-electron chi connectivity index (χ3n) is 10.9. The SMILES string of the molecule is Brc1ccc(-c2ccc3c(c2)c2ccccc2n3-c2nc(-c3ccccc3)nc(-c3ccccc3)n2)c2c1C1c3ccccc3C2c2ccccc21. The average molecular weight is 730 g/mol. The van der Waals surface area contributed by atoms with Gasteiger partial charge in [0.15, 0.2) is 11.6 Å². The fraction of sp³-hybridized carbons (Fsp3) is 0.0426. The minimum Gasteiger partial charge on any atom is -0.278 e. The van der Waals surface area contributed by atoms with Gasteiger partial charge in [0.1, 0.15) is 0 Å². The zero-order valence-electron chi connectivity index (χ0n) is 27.9. The molecular weight excluding hydrogens is 700 g/mol. The number of aromatic nitrogens is 4. The molecule has 9 aromatic rings. The van der Waals surface area contributed by atoms with Crippen molar-refractivity contribution in [3.8, 4) is 39.9 Å². The topological polar surface area (TPSA) is 43.6 Å². The molecule has 2 bridgehead atoms. The molecular formula is C47H29BrN4. The lowest BCUT2D eigenvalue weighted by molar-refractivity contribution is 0.752. The Morgan fingerprint density at radius 3 is 1.56 bits per heavy atom. The highest BCUT2D eigenvalue weighted by Gasteiger charge is 2.43. The van der Waals surface area contributed by atoms with Crippen LogP contribution in [0.2, 0.25) is 0 Å². The molecule has 3 aliphatic carbocycles. The molecule has 0 saturated carbocycles. The lowest BCUT2D eigenvalue weighted by Gasteiger charge is -2.43. The van der Waals surface area contributed by atoms with Crippen molar-refractivity contribution in [3.05, 3.63) is 202 Å². The molecule has 7 aromatic carbocycles. The predicted octanol–water partition coefficient (Wildman–Crippen LogP) is 11.7. The van der Waals surface area contributed by atoms with Crippen LogP contribution in [0.4, 0.5) is 0 Å². The van der Waals surface area contributed by atoms with Crippen LogP contribution in [0.5, 0.6) is 0 Å². The Labute approximate surface area is 309 Å². The second kappa shape index (κ2) is 11.4. The standard InChI is InChI=1S/C47H29BrN4/c48-38-25-24-31(43-41-33-18-7-9-20-35(33)42(44(38)43)36-21-10-8-19-34(36)41)30-23-26-40-37(27-30)32-17-11-12-22-39(32)52(40)47-50-45(28-13-3-1-4-14-28)49-46(51-47)29-15-5-2-6-16-29/h1-27,41-42H. The maximum Gasteiger partial charge on any atom is 0.238 e. The van der Waals surface area contributed by atoms with E-state index in [2.05, 4.69) is 124 Å². The second-order valence-corrected chi connectivity index (χ2v) is 14.5. The Balaban J connectivity index is 1.14. The maximum absolute atomic E-state index is 5.12. The van der Waals surface area contributed by atoms with Gasteiger partial charge < -0.3 is 0 Å². The van der Waals surface area contributed by atoms with Crippen LogP contribution in [-0.2, 0) is 0 Å². The highest BCUT2D eigenvalue weighted by Crippen LogP contribution is 2.59. The van der Waals surface area contributed by atoms with Gasteiger partial charge in [0.25, 0.3) is 0 Å². The highest BCUT2D eigenvalue weighted by atomic mass is 79.9. The Bertz CT molecular complexity index is 2770. The summed E-state index contributed by atoms with van der Waals surface area (Å²) in [6.07, 6.45) is 0. The number of rotatable bonds is 4. The van der Waals surface area contributed by atoms with E-state index in [4.69, 9.17) is 15.0 Å². The minimum atomic E-state index is 0.162. The number of para-hydroxylation sites is 1. The van der Waals surface area contributed by atoms with Gasteiger partial charge in [0.05, 0.1) is 11.0 Å². The summed E-state index contributed by atoms with van der Waals surface area (Å²) in [5.74, 6) is 2.23.